The lowest BCUT2D eigenvalue weighted by molar-refractivity contribution is 0.0619. The lowest BCUT2D eigenvalue weighted by Gasteiger charge is -2.37. The zero-order chi connectivity index (χ0) is 13.0. The van der Waals surface area contributed by atoms with Crippen LogP contribution in [0.15, 0.2) is 18.7 Å². The topological polar surface area (TPSA) is 72.1 Å². The SMILES string of the molecule is CN(C(=O)c1cncnc1)C1CCCCC1CN. The van der Waals surface area contributed by atoms with Crippen LogP contribution in [0.5, 0.6) is 0 Å². The van der Waals surface area contributed by atoms with E-state index in [0.29, 0.717) is 18.0 Å². The van der Waals surface area contributed by atoms with Gasteiger partial charge < -0.3 is 10.6 Å². The maximum atomic E-state index is 12.3. The van der Waals surface area contributed by atoms with Gasteiger partial charge >= 0.3 is 0 Å². The molecular formula is C13H20N4O. The minimum absolute atomic E-state index is 0.0130. The minimum atomic E-state index is -0.0130. The van der Waals surface area contributed by atoms with Crippen molar-refractivity contribution in [3.63, 3.8) is 0 Å². The lowest BCUT2D eigenvalue weighted by atomic mass is 9.83. The van der Waals surface area contributed by atoms with Gasteiger partial charge in [0.25, 0.3) is 5.91 Å². The molecule has 1 amide bonds. The van der Waals surface area contributed by atoms with Crippen molar-refractivity contribution in [2.75, 3.05) is 13.6 Å². The quantitative estimate of drug-likeness (QED) is 0.868. The van der Waals surface area contributed by atoms with Crippen molar-refractivity contribution in [2.45, 2.75) is 31.7 Å². The molecule has 98 valence electrons. The molecule has 1 aliphatic rings. The maximum absolute atomic E-state index is 12.3. The van der Waals surface area contributed by atoms with Crippen molar-refractivity contribution < 1.29 is 4.79 Å². The highest BCUT2D eigenvalue weighted by atomic mass is 16.2. The molecule has 0 spiro atoms. The van der Waals surface area contributed by atoms with Gasteiger partial charge in [0.05, 0.1) is 5.56 Å². The molecule has 5 nitrogen and oxygen atoms in total. The van der Waals surface area contributed by atoms with E-state index in [9.17, 15) is 4.79 Å². The zero-order valence-corrected chi connectivity index (χ0v) is 10.7. The Morgan fingerprint density at radius 2 is 2.06 bits per heavy atom. The molecule has 0 aromatic carbocycles. The summed E-state index contributed by atoms with van der Waals surface area (Å²) in [6.07, 6.45) is 9.10. The Bertz CT molecular complexity index is 395. The van der Waals surface area contributed by atoms with Gasteiger partial charge in [-0.15, -0.1) is 0 Å². The zero-order valence-electron chi connectivity index (χ0n) is 10.7. The third kappa shape index (κ3) is 2.67. The van der Waals surface area contributed by atoms with E-state index in [1.54, 1.807) is 12.4 Å². The Morgan fingerprint density at radius 3 is 2.72 bits per heavy atom. The molecule has 2 unspecified atom stereocenters. The van der Waals surface area contributed by atoms with Gasteiger partial charge in [0, 0.05) is 25.5 Å². The first-order valence-corrected chi connectivity index (χ1v) is 6.46. The van der Waals surface area contributed by atoms with Gasteiger partial charge in [-0.3, -0.25) is 4.79 Å². The Morgan fingerprint density at radius 1 is 1.39 bits per heavy atom. The number of nitrogens with zero attached hydrogens (tertiary/aromatic N) is 3. The monoisotopic (exact) mass is 248 g/mol. The van der Waals surface area contributed by atoms with E-state index < -0.39 is 0 Å². The summed E-state index contributed by atoms with van der Waals surface area (Å²) in [5.74, 6) is 0.401. The summed E-state index contributed by atoms with van der Waals surface area (Å²) < 4.78 is 0. The fourth-order valence-electron chi connectivity index (χ4n) is 2.74. The van der Waals surface area contributed by atoms with E-state index in [2.05, 4.69) is 9.97 Å². The van der Waals surface area contributed by atoms with Crippen LogP contribution >= 0.6 is 0 Å². The number of rotatable bonds is 3. The highest BCUT2D eigenvalue weighted by molar-refractivity contribution is 5.93. The van der Waals surface area contributed by atoms with E-state index in [0.717, 1.165) is 12.8 Å². The molecule has 0 aliphatic heterocycles. The summed E-state index contributed by atoms with van der Waals surface area (Å²) in [6.45, 7) is 0.646. The predicted molar refractivity (Wildman–Crippen MR) is 68.9 cm³/mol. The van der Waals surface area contributed by atoms with Crippen molar-refractivity contribution in [2.24, 2.45) is 11.7 Å². The number of nitrogens with two attached hydrogens (primary N) is 1. The van der Waals surface area contributed by atoms with Crippen molar-refractivity contribution in [1.82, 2.24) is 14.9 Å². The van der Waals surface area contributed by atoms with Crippen LogP contribution < -0.4 is 5.73 Å². The van der Waals surface area contributed by atoms with Crippen LogP contribution in [-0.2, 0) is 0 Å². The largest absolute Gasteiger partial charge is 0.338 e. The van der Waals surface area contributed by atoms with E-state index >= 15 is 0 Å². The van der Waals surface area contributed by atoms with E-state index in [4.69, 9.17) is 5.73 Å². The van der Waals surface area contributed by atoms with Gasteiger partial charge in [0.2, 0.25) is 0 Å². The van der Waals surface area contributed by atoms with Crippen LogP contribution in [0.3, 0.4) is 0 Å². The standard InChI is InChI=1S/C13H20N4O/c1-17(12-5-3-2-4-10(12)6-14)13(18)11-7-15-9-16-8-11/h7-10,12H,2-6,14H2,1H3. The fraction of sp³-hybridized carbons (Fsp3) is 0.615. The second-order valence-corrected chi connectivity index (χ2v) is 4.89. The van der Waals surface area contributed by atoms with Crippen LogP contribution in [0.2, 0.25) is 0 Å². The molecular weight excluding hydrogens is 228 g/mol. The highest BCUT2D eigenvalue weighted by Crippen LogP contribution is 2.27. The van der Waals surface area contributed by atoms with Crippen molar-refractivity contribution in [3.8, 4) is 0 Å². The van der Waals surface area contributed by atoms with E-state index in [-0.39, 0.29) is 11.9 Å². The van der Waals surface area contributed by atoms with Gasteiger partial charge in [0.1, 0.15) is 6.33 Å². The van der Waals surface area contributed by atoms with Crippen molar-refractivity contribution >= 4 is 5.91 Å². The first-order valence-electron chi connectivity index (χ1n) is 6.46. The third-order valence-electron chi connectivity index (χ3n) is 3.80. The molecule has 2 atom stereocenters. The van der Waals surface area contributed by atoms with Crippen LogP contribution in [0.1, 0.15) is 36.0 Å². The Labute approximate surface area is 107 Å². The maximum Gasteiger partial charge on any atom is 0.256 e. The van der Waals surface area contributed by atoms with Gasteiger partial charge in [-0.2, -0.15) is 0 Å². The molecule has 0 saturated heterocycles. The van der Waals surface area contributed by atoms with Gasteiger partial charge in [-0.1, -0.05) is 12.8 Å². The number of carbonyl (C=O) groups excluding carboxylic acids is 1. The number of carbonyl (C=O) groups is 1. The first-order chi connectivity index (χ1) is 8.74. The highest BCUT2D eigenvalue weighted by Gasteiger charge is 2.30. The number of amides is 1. The molecule has 18 heavy (non-hydrogen) atoms. The molecule has 5 heteroatoms. The van der Waals surface area contributed by atoms with Crippen LogP contribution in [-0.4, -0.2) is 40.4 Å². The Kier molecular flexibility index (Phi) is 4.25. The van der Waals surface area contributed by atoms with E-state index in [1.165, 1.54) is 19.2 Å². The summed E-state index contributed by atoms with van der Waals surface area (Å²) in [6, 6.07) is 0.247. The number of aromatic nitrogens is 2. The number of hydrogen-bond donors (Lipinski definition) is 1. The molecule has 2 N–H and O–H groups in total. The molecule has 1 saturated carbocycles. The van der Waals surface area contributed by atoms with Crippen LogP contribution in [0.4, 0.5) is 0 Å². The lowest BCUT2D eigenvalue weighted by Crippen LogP contribution is -2.45. The smallest absolute Gasteiger partial charge is 0.256 e. The minimum Gasteiger partial charge on any atom is -0.338 e. The molecule has 1 heterocycles. The Hall–Kier alpha value is -1.49. The summed E-state index contributed by atoms with van der Waals surface area (Å²) in [4.78, 5) is 21.9. The summed E-state index contributed by atoms with van der Waals surface area (Å²) >= 11 is 0. The molecule has 0 bridgehead atoms. The second-order valence-electron chi connectivity index (χ2n) is 4.89. The molecule has 1 aromatic heterocycles. The van der Waals surface area contributed by atoms with E-state index in [1.807, 2.05) is 11.9 Å². The molecule has 1 aliphatic carbocycles. The van der Waals surface area contributed by atoms with Crippen LogP contribution in [0.25, 0.3) is 0 Å². The van der Waals surface area contributed by atoms with Gasteiger partial charge in [0.15, 0.2) is 0 Å². The summed E-state index contributed by atoms with van der Waals surface area (Å²) in [5, 5.41) is 0. The third-order valence-corrected chi connectivity index (χ3v) is 3.80. The second kappa shape index (κ2) is 5.91. The summed E-state index contributed by atoms with van der Waals surface area (Å²) in [5.41, 5.74) is 6.35. The first kappa shape index (κ1) is 13.0. The average molecular weight is 248 g/mol. The molecule has 2 rings (SSSR count). The molecule has 1 aromatic rings. The summed E-state index contributed by atoms with van der Waals surface area (Å²) in [7, 11) is 1.86. The molecule has 1 fully saturated rings. The van der Waals surface area contributed by atoms with Crippen LogP contribution in [0, 0.1) is 5.92 Å². The predicted octanol–water partition coefficient (Wildman–Crippen LogP) is 1.07. The Balaban J connectivity index is 2.10. The van der Waals surface area contributed by atoms with Gasteiger partial charge in [-0.05, 0) is 25.3 Å². The number of hydrogen-bond acceptors (Lipinski definition) is 4. The fourth-order valence-corrected chi connectivity index (χ4v) is 2.74. The van der Waals surface area contributed by atoms with Gasteiger partial charge in [-0.25, -0.2) is 9.97 Å². The molecule has 0 radical (unpaired) electrons. The average Bonchev–Trinajstić information content (AvgIpc) is 2.46. The van der Waals surface area contributed by atoms with Crippen molar-refractivity contribution in [3.05, 3.63) is 24.3 Å². The normalized spacial score (nSPS) is 23.7. The van der Waals surface area contributed by atoms with Crippen molar-refractivity contribution in [1.29, 1.82) is 0 Å².